The molecular formula is C48H74N2O18S3. The summed E-state index contributed by atoms with van der Waals surface area (Å²) in [6, 6.07) is 8.61. The number of nitrogens with one attached hydrogen (secondary N) is 1. The van der Waals surface area contributed by atoms with E-state index in [-0.39, 0.29) is 42.3 Å². The molecule has 1 aliphatic rings. The molecule has 71 heavy (non-hydrogen) atoms. The Hall–Kier alpha value is -3.82. The Labute approximate surface area is 419 Å². The van der Waals surface area contributed by atoms with E-state index in [1.54, 1.807) is 38.5 Å². The van der Waals surface area contributed by atoms with Crippen LogP contribution < -0.4 is 10.2 Å². The third kappa shape index (κ3) is 22.1. The van der Waals surface area contributed by atoms with Gasteiger partial charge >= 0.3 is 5.97 Å². The van der Waals surface area contributed by atoms with Crippen LogP contribution in [-0.2, 0) is 79.1 Å². The van der Waals surface area contributed by atoms with Crippen molar-refractivity contribution in [1.29, 1.82) is 0 Å². The third-order valence-corrected chi connectivity index (χ3v) is 14.3. The fourth-order valence-corrected chi connectivity index (χ4v) is 9.56. The van der Waals surface area contributed by atoms with Crippen LogP contribution in [0.5, 0.6) is 0 Å². The SMILES string of the molecule is COCCNc1ccc(S(=O)(=O)O)cc1C(C)(C/C=C/C=C/C=C1/N(CCCCCC(=O)O)c2ccc(S(=O)(=O)O)cc2C1(C)CCCS(=O)(=O)O)CCOCCOCCOCCOCCOCCOC. The second kappa shape index (κ2) is 31.0. The van der Waals surface area contributed by atoms with Crippen LogP contribution in [0.3, 0.4) is 0 Å². The summed E-state index contributed by atoms with van der Waals surface area (Å²) in [6.45, 7) is 9.42. The first kappa shape index (κ1) is 61.5. The van der Waals surface area contributed by atoms with Gasteiger partial charge < -0.3 is 48.5 Å². The van der Waals surface area contributed by atoms with Gasteiger partial charge in [0, 0.05) is 68.2 Å². The number of hydrogen-bond donors (Lipinski definition) is 5. The van der Waals surface area contributed by atoms with Crippen LogP contribution in [0.25, 0.3) is 0 Å². The van der Waals surface area contributed by atoms with Crippen molar-refractivity contribution in [3.8, 4) is 0 Å². The number of ether oxygens (including phenoxy) is 7. The maximum atomic E-state index is 12.4. The molecule has 0 radical (unpaired) electrons. The molecule has 0 aliphatic carbocycles. The average Bonchev–Trinajstić information content (AvgIpc) is 3.52. The van der Waals surface area contributed by atoms with Crippen LogP contribution in [0.4, 0.5) is 11.4 Å². The van der Waals surface area contributed by atoms with Gasteiger partial charge in [0.1, 0.15) is 0 Å². The molecule has 0 saturated carbocycles. The summed E-state index contributed by atoms with van der Waals surface area (Å²) < 4.78 is 141. The number of unbranched alkanes of at least 4 members (excludes halogenated alkanes) is 2. The van der Waals surface area contributed by atoms with E-state index < -0.39 is 52.9 Å². The van der Waals surface area contributed by atoms with E-state index in [0.29, 0.717) is 139 Å². The highest BCUT2D eigenvalue weighted by Crippen LogP contribution is 2.51. The number of nitrogens with zero attached hydrogens (tertiary/aromatic N) is 1. The van der Waals surface area contributed by atoms with Gasteiger partial charge in [-0.25, -0.2) is 0 Å². The predicted octanol–water partition coefficient (Wildman–Crippen LogP) is 6.09. The fraction of sp³-hybridized carbons (Fsp3) is 0.604. The number of aliphatic carboxylic acids is 1. The number of carboxylic acids is 1. The molecule has 3 rings (SSSR count). The molecule has 0 fully saturated rings. The molecule has 20 nitrogen and oxygen atoms in total. The van der Waals surface area contributed by atoms with Crippen molar-refractivity contribution in [1.82, 2.24) is 0 Å². The number of hydrogen-bond acceptors (Lipinski definition) is 16. The van der Waals surface area contributed by atoms with Gasteiger partial charge in [-0.2, -0.15) is 25.3 Å². The van der Waals surface area contributed by atoms with Gasteiger partial charge in [0.15, 0.2) is 0 Å². The molecule has 0 spiro atoms. The predicted molar refractivity (Wildman–Crippen MR) is 268 cm³/mol. The van der Waals surface area contributed by atoms with E-state index in [0.717, 1.165) is 0 Å². The Bertz CT molecular complexity index is 2380. The molecule has 2 unspecified atom stereocenters. The molecule has 1 heterocycles. The molecule has 5 N–H and O–H groups in total. The molecule has 2 aromatic rings. The minimum atomic E-state index is -4.61. The normalized spacial score (nSPS) is 16.9. The Morgan fingerprint density at radius 1 is 0.704 bits per heavy atom. The molecule has 0 amide bonds. The summed E-state index contributed by atoms with van der Waals surface area (Å²) in [5.74, 6) is -1.44. The molecule has 23 heteroatoms. The standard InChI is InChI=1S/C48H74N2O18S3/c1-47(41-37-39(70(56,57)58)15-17-43(41)49-22-25-62-3,21-24-64-28-29-66-32-33-68-35-34-67-31-30-65-27-26-63-4)19-10-6-5-8-13-45-48(2,20-12-36-69(53,54)55)42-38-40(71(59,60)61)16-18-44(42)50(45)23-11-7-9-14-46(51)52/h5-6,8,10,13,15-18,37-38,49H,7,9,11-12,14,19-36H2,1-4H3,(H,51,52)(H,53,54,55)(H,56,57,58)(H,59,60,61)/b8-5+,10-6+,45-13+. The van der Waals surface area contributed by atoms with E-state index in [9.17, 15) is 43.7 Å². The lowest BCUT2D eigenvalue weighted by atomic mass is 9.76. The second-order valence-corrected chi connectivity index (χ2v) is 21.7. The van der Waals surface area contributed by atoms with Gasteiger partial charge in [-0.15, -0.1) is 0 Å². The van der Waals surface area contributed by atoms with E-state index in [4.69, 9.17) is 38.3 Å². The topological polar surface area (TPSA) is 280 Å². The van der Waals surface area contributed by atoms with E-state index in [1.807, 2.05) is 37.0 Å². The van der Waals surface area contributed by atoms with Crippen LogP contribution in [0.2, 0.25) is 0 Å². The summed E-state index contributed by atoms with van der Waals surface area (Å²) in [5.41, 5.74) is 1.36. The van der Waals surface area contributed by atoms with Crippen molar-refractivity contribution >= 4 is 47.7 Å². The van der Waals surface area contributed by atoms with Crippen LogP contribution in [0, 0.1) is 0 Å². The summed E-state index contributed by atoms with van der Waals surface area (Å²) in [6.07, 6.45) is 11.7. The average molecular weight is 1060 g/mol. The molecule has 0 saturated heterocycles. The van der Waals surface area contributed by atoms with Crippen LogP contribution in [-0.4, -0.2) is 162 Å². The van der Waals surface area contributed by atoms with E-state index >= 15 is 0 Å². The molecular weight excluding hydrogens is 989 g/mol. The summed E-state index contributed by atoms with van der Waals surface area (Å²) >= 11 is 0. The lowest BCUT2D eigenvalue weighted by molar-refractivity contribution is -0.137. The number of methoxy groups -OCH3 is 2. The van der Waals surface area contributed by atoms with Crippen molar-refractivity contribution in [3.05, 3.63) is 83.6 Å². The maximum absolute atomic E-state index is 12.4. The summed E-state index contributed by atoms with van der Waals surface area (Å²) in [7, 11) is -10.3. The maximum Gasteiger partial charge on any atom is 0.303 e. The largest absolute Gasteiger partial charge is 0.481 e. The molecule has 1 aliphatic heterocycles. The number of allylic oxidation sites excluding steroid dienone is 6. The minimum Gasteiger partial charge on any atom is -0.481 e. The van der Waals surface area contributed by atoms with Gasteiger partial charge in [-0.1, -0.05) is 37.6 Å². The second-order valence-electron chi connectivity index (χ2n) is 17.3. The minimum absolute atomic E-state index is 0.000441. The number of fused-ring (bicyclic) bond motifs is 1. The highest BCUT2D eigenvalue weighted by molar-refractivity contribution is 7.86. The Kier molecular flexibility index (Phi) is 26.9. The number of rotatable bonds is 39. The summed E-state index contributed by atoms with van der Waals surface area (Å²) in [5, 5.41) is 12.5. The zero-order valence-electron chi connectivity index (χ0n) is 41.3. The van der Waals surface area contributed by atoms with Gasteiger partial charge in [0.25, 0.3) is 30.4 Å². The quantitative estimate of drug-likeness (QED) is 0.0288. The zero-order valence-corrected chi connectivity index (χ0v) is 43.7. The van der Waals surface area contributed by atoms with Gasteiger partial charge in [-0.3, -0.25) is 18.5 Å². The van der Waals surface area contributed by atoms with E-state index in [1.165, 1.54) is 24.3 Å². The first-order valence-electron chi connectivity index (χ1n) is 23.5. The van der Waals surface area contributed by atoms with Crippen molar-refractivity contribution in [2.45, 2.75) is 85.8 Å². The number of carboxylic acid groups (broad SMARTS) is 1. The molecule has 402 valence electrons. The zero-order chi connectivity index (χ0) is 52.4. The highest BCUT2D eigenvalue weighted by atomic mass is 32.2. The van der Waals surface area contributed by atoms with Crippen molar-refractivity contribution in [2.75, 3.05) is 123 Å². The highest BCUT2D eigenvalue weighted by Gasteiger charge is 2.43. The summed E-state index contributed by atoms with van der Waals surface area (Å²) in [4.78, 5) is 12.5. The van der Waals surface area contributed by atoms with Gasteiger partial charge in [0.2, 0.25) is 0 Å². The molecule has 0 aromatic heterocycles. The van der Waals surface area contributed by atoms with Crippen LogP contribution >= 0.6 is 0 Å². The smallest absolute Gasteiger partial charge is 0.303 e. The Morgan fingerprint density at radius 2 is 1.27 bits per heavy atom. The first-order valence-corrected chi connectivity index (χ1v) is 28.0. The lowest BCUT2D eigenvalue weighted by Crippen LogP contribution is -2.30. The van der Waals surface area contributed by atoms with Crippen LogP contribution in [0.15, 0.2) is 82.3 Å². The van der Waals surface area contributed by atoms with Crippen molar-refractivity contribution < 1.29 is 82.0 Å². The van der Waals surface area contributed by atoms with Crippen molar-refractivity contribution in [2.24, 2.45) is 0 Å². The number of anilines is 2. The fourth-order valence-electron chi connectivity index (χ4n) is 8.04. The van der Waals surface area contributed by atoms with Crippen LogP contribution in [0.1, 0.15) is 76.3 Å². The number of benzene rings is 2. The third-order valence-electron chi connectivity index (χ3n) is 11.8. The number of carbonyl (C=O) groups is 1. The molecule has 2 aromatic carbocycles. The molecule has 2 atom stereocenters. The Balaban J connectivity index is 1.84. The Morgan fingerprint density at radius 3 is 1.83 bits per heavy atom. The van der Waals surface area contributed by atoms with Crippen molar-refractivity contribution in [3.63, 3.8) is 0 Å². The van der Waals surface area contributed by atoms with Gasteiger partial charge in [0.05, 0.1) is 88.2 Å². The van der Waals surface area contributed by atoms with E-state index in [2.05, 4.69) is 5.32 Å². The first-order chi connectivity index (χ1) is 33.7. The monoisotopic (exact) mass is 1060 g/mol. The lowest BCUT2D eigenvalue weighted by Gasteiger charge is -2.32. The van der Waals surface area contributed by atoms with Gasteiger partial charge in [-0.05, 0) is 99.0 Å². The molecule has 0 bridgehead atoms.